The predicted molar refractivity (Wildman–Crippen MR) is 115 cm³/mol. The van der Waals surface area contributed by atoms with Crippen molar-refractivity contribution in [2.24, 2.45) is 5.73 Å². The van der Waals surface area contributed by atoms with Crippen molar-refractivity contribution in [3.63, 3.8) is 0 Å². The molecule has 0 aromatic heterocycles. The second-order valence-corrected chi connectivity index (χ2v) is 8.19. The van der Waals surface area contributed by atoms with Gasteiger partial charge in [-0.15, -0.1) is 0 Å². The predicted octanol–water partition coefficient (Wildman–Crippen LogP) is 3.42. The first-order valence-electron chi connectivity index (χ1n) is 9.75. The van der Waals surface area contributed by atoms with Gasteiger partial charge in [0, 0.05) is 44.0 Å². The summed E-state index contributed by atoms with van der Waals surface area (Å²) in [6.07, 6.45) is 6.52. The molecule has 0 amide bonds. The summed E-state index contributed by atoms with van der Waals surface area (Å²) in [4.78, 5) is 4.62. The van der Waals surface area contributed by atoms with E-state index in [-0.39, 0.29) is 0 Å². The van der Waals surface area contributed by atoms with E-state index in [9.17, 15) is 0 Å². The number of nitrogens with zero attached hydrogens (tertiary/aromatic N) is 2. The molecule has 2 fully saturated rings. The van der Waals surface area contributed by atoms with Crippen LogP contribution in [-0.2, 0) is 0 Å². The van der Waals surface area contributed by atoms with E-state index in [1.807, 2.05) is 6.07 Å². The zero-order valence-corrected chi connectivity index (χ0v) is 17.2. The van der Waals surface area contributed by atoms with Gasteiger partial charge in [0.1, 0.15) is 5.84 Å². The normalized spacial score (nSPS) is 19.6. The number of piperidine rings is 1. The Morgan fingerprint density at radius 2 is 1.85 bits per heavy atom. The van der Waals surface area contributed by atoms with Gasteiger partial charge in [-0.2, -0.15) is 0 Å². The summed E-state index contributed by atoms with van der Waals surface area (Å²) in [5.74, 6) is 0.453. The number of halogens is 2. The van der Waals surface area contributed by atoms with Gasteiger partial charge in [-0.25, -0.2) is 0 Å². The Hall–Kier alpha value is -1.27. The van der Waals surface area contributed by atoms with Crippen LogP contribution in [0.25, 0.3) is 5.70 Å². The van der Waals surface area contributed by atoms with Gasteiger partial charge >= 0.3 is 0 Å². The summed E-state index contributed by atoms with van der Waals surface area (Å²) in [7, 11) is 0. The molecule has 3 rings (SSSR count). The fraction of sp³-hybridized carbons (Fsp3) is 0.550. The smallest absolute Gasteiger partial charge is 0.122 e. The van der Waals surface area contributed by atoms with Crippen LogP contribution in [0.1, 0.15) is 31.2 Å². The highest BCUT2D eigenvalue weighted by Gasteiger charge is 2.20. The first-order chi connectivity index (χ1) is 13.0. The molecule has 7 heteroatoms. The second kappa shape index (κ2) is 9.78. The van der Waals surface area contributed by atoms with Gasteiger partial charge in [0.2, 0.25) is 0 Å². The lowest BCUT2D eigenvalue weighted by Gasteiger charge is -2.33. The molecule has 0 spiro atoms. The van der Waals surface area contributed by atoms with E-state index in [0.717, 1.165) is 44.6 Å². The van der Waals surface area contributed by atoms with Crippen LogP contribution < -0.4 is 11.1 Å². The molecule has 2 aliphatic heterocycles. The first-order valence-corrected chi connectivity index (χ1v) is 10.5. The molecule has 0 bridgehead atoms. The summed E-state index contributed by atoms with van der Waals surface area (Å²) in [5.41, 5.74) is 7.47. The standard InChI is InChI=1S/C20H29Cl2N5/c21-17-4-3-15(13-18(17)22)19(23)14-20(24)27-10-5-16(6-11-27)25-7-12-26-8-1-2-9-26/h3-4,13-14,16,24-25H,1-2,5-12,23H2/b19-14-,24-20?. The van der Waals surface area contributed by atoms with E-state index >= 15 is 0 Å². The summed E-state index contributed by atoms with van der Waals surface area (Å²) in [6, 6.07) is 5.83. The van der Waals surface area contributed by atoms with Crippen LogP contribution in [-0.4, -0.2) is 60.9 Å². The van der Waals surface area contributed by atoms with E-state index < -0.39 is 0 Å². The molecule has 148 valence electrons. The lowest BCUT2D eigenvalue weighted by molar-refractivity contribution is 0.267. The van der Waals surface area contributed by atoms with Gasteiger partial charge in [0.15, 0.2) is 0 Å². The summed E-state index contributed by atoms with van der Waals surface area (Å²) in [5, 5.41) is 13.0. The van der Waals surface area contributed by atoms with Crippen LogP contribution in [0.2, 0.25) is 10.0 Å². The van der Waals surface area contributed by atoms with Gasteiger partial charge in [-0.05, 0) is 56.5 Å². The number of hydrogen-bond acceptors (Lipinski definition) is 4. The van der Waals surface area contributed by atoms with Crippen molar-refractivity contribution in [1.29, 1.82) is 5.41 Å². The minimum absolute atomic E-state index is 0.453. The molecule has 1 aromatic rings. The third kappa shape index (κ3) is 5.85. The Morgan fingerprint density at radius 3 is 2.52 bits per heavy atom. The minimum Gasteiger partial charge on any atom is -0.398 e. The summed E-state index contributed by atoms with van der Waals surface area (Å²) < 4.78 is 0. The Morgan fingerprint density at radius 1 is 1.15 bits per heavy atom. The monoisotopic (exact) mass is 409 g/mol. The average molecular weight is 410 g/mol. The fourth-order valence-corrected chi connectivity index (χ4v) is 4.05. The summed E-state index contributed by atoms with van der Waals surface area (Å²) >= 11 is 12.0. The third-order valence-electron chi connectivity index (χ3n) is 5.44. The fourth-order valence-electron chi connectivity index (χ4n) is 3.76. The number of nitrogens with one attached hydrogen (secondary N) is 2. The van der Waals surface area contributed by atoms with Crippen LogP contribution in [0.3, 0.4) is 0 Å². The lowest BCUT2D eigenvalue weighted by atomic mass is 10.0. The number of nitrogens with two attached hydrogens (primary N) is 1. The molecule has 4 N–H and O–H groups in total. The van der Waals surface area contributed by atoms with Crippen LogP contribution >= 0.6 is 23.2 Å². The van der Waals surface area contributed by atoms with Gasteiger partial charge in [-0.1, -0.05) is 29.3 Å². The highest BCUT2D eigenvalue weighted by Crippen LogP contribution is 2.24. The highest BCUT2D eigenvalue weighted by molar-refractivity contribution is 6.42. The maximum Gasteiger partial charge on any atom is 0.122 e. The van der Waals surface area contributed by atoms with Crippen molar-refractivity contribution in [2.45, 2.75) is 31.7 Å². The molecular formula is C20H29Cl2N5. The molecular weight excluding hydrogens is 381 g/mol. The number of benzene rings is 1. The minimum atomic E-state index is 0.453. The van der Waals surface area contributed by atoms with Crippen molar-refractivity contribution in [3.8, 4) is 0 Å². The second-order valence-electron chi connectivity index (χ2n) is 7.38. The molecule has 5 nitrogen and oxygen atoms in total. The molecule has 0 atom stereocenters. The van der Waals surface area contributed by atoms with Crippen LogP contribution in [0.4, 0.5) is 0 Å². The van der Waals surface area contributed by atoms with Gasteiger partial charge in [-0.3, -0.25) is 5.41 Å². The Kier molecular flexibility index (Phi) is 7.41. The number of likely N-dealkylation sites (tertiary alicyclic amines) is 2. The van der Waals surface area contributed by atoms with Gasteiger partial charge in [0.05, 0.1) is 10.0 Å². The zero-order chi connectivity index (χ0) is 19.2. The van der Waals surface area contributed by atoms with E-state index in [4.69, 9.17) is 34.3 Å². The molecule has 0 radical (unpaired) electrons. The Balaban J connectivity index is 1.44. The molecule has 2 aliphatic rings. The number of rotatable bonds is 6. The number of hydrogen-bond donors (Lipinski definition) is 3. The zero-order valence-electron chi connectivity index (χ0n) is 15.7. The molecule has 0 unspecified atom stereocenters. The van der Waals surface area contributed by atoms with Crippen molar-refractivity contribution >= 4 is 34.7 Å². The van der Waals surface area contributed by atoms with E-state index in [2.05, 4.69) is 15.1 Å². The van der Waals surface area contributed by atoms with Crippen molar-refractivity contribution in [2.75, 3.05) is 39.3 Å². The summed E-state index contributed by atoms with van der Waals surface area (Å²) in [6.45, 7) is 6.48. The Labute approximate surface area is 172 Å². The SMILES string of the molecule is N=C(/C=C(\N)c1ccc(Cl)c(Cl)c1)N1CCC(NCCN2CCCC2)CC1. The topological polar surface area (TPSA) is 68.4 Å². The van der Waals surface area contributed by atoms with Crippen LogP contribution in [0.15, 0.2) is 24.3 Å². The largest absolute Gasteiger partial charge is 0.398 e. The van der Waals surface area contributed by atoms with Gasteiger partial charge < -0.3 is 20.9 Å². The first kappa shape index (κ1) is 20.5. The Bertz CT molecular complexity index is 677. The molecule has 0 saturated carbocycles. The van der Waals surface area contributed by atoms with Crippen molar-refractivity contribution in [3.05, 3.63) is 39.9 Å². The van der Waals surface area contributed by atoms with Crippen molar-refractivity contribution in [1.82, 2.24) is 15.1 Å². The molecule has 2 heterocycles. The maximum atomic E-state index is 8.36. The molecule has 2 saturated heterocycles. The average Bonchev–Trinajstić information content (AvgIpc) is 3.18. The number of amidine groups is 1. The van der Waals surface area contributed by atoms with E-state index in [0.29, 0.717) is 27.6 Å². The maximum absolute atomic E-state index is 8.36. The highest BCUT2D eigenvalue weighted by atomic mass is 35.5. The van der Waals surface area contributed by atoms with Crippen LogP contribution in [0, 0.1) is 5.41 Å². The lowest BCUT2D eigenvalue weighted by Crippen LogP contribution is -2.45. The van der Waals surface area contributed by atoms with Gasteiger partial charge in [0.25, 0.3) is 0 Å². The molecule has 27 heavy (non-hydrogen) atoms. The molecule has 0 aliphatic carbocycles. The van der Waals surface area contributed by atoms with E-state index in [1.54, 1.807) is 18.2 Å². The molecule has 1 aromatic carbocycles. The van der Waals surface area contributed by atoms with Crippen LogP contribution in [0.5, 0.6) is 0 Å². The van der Waals surface area contributed by atoms with E-state index in [1.165, 1.54) is 25.9 Å². The quantitative estimate of drug-likeness (QED) is 0.497. The third-order valence-corrected chi connectivity index (χ3v) is 6.18. The van der Waals surface area contributed by atoms with Crippen molar-refractivity contribution < 1.29 is 0 Å².